The number of methoxy groups -OCH3 is 1. The molecular weight excluding hydrogens is 260 g/mol. The van der Waals surface area contributed by atoms with Gasteiger partial charge < -0.3 is 15.8 Å². The van der Waals surface area contributed by atoms with Crippen LogP contribution in [0.25, 0.3) is 5.82 Å². The molecule has 0 saturated carbocycles. The van der Waals surface area contributed by atoms with E-state index in [1.807, 2.05) is 6.92 Å². The summed E-state index contributed by atoms with van der Waals surface area (Å²) in [7, 11) is 1.30. The van der Waals surface area contributed by atoms with Gasteiger partial charge in [0.1, 0.15) is 11.4 Å². The van der Waals surface area contributed by atoms with Gasteiger partial charge in [-0.3, -0.25) is 4.98 Å². The van der Waals surface area contributed by atoms with Gasteiger partial charge in [0.2, 0.25) is 0 Å². The Balaban J connectivity index is 2.49. The lowest BCUT2D eigenvalue weighted by Crippen LogP contribution is -2.09. The highest BCUT2D eigenvalue weighted by atomic mass is 16.5. The van der Waals surface area contributed by atoms with Gasteiger partial charge in [-0.15, -0.1) is 5.10 Å². The van der Waals surface area contributed by atoms with E-state index in [0.29, 0.717) is 18.2 Å². The average Bonchev–Trinajstić information content (AvgIpc) is 2.82. The van der Waals surface area contributed by atoms with Crippen molar-refractivity contribution in [1.82, 2.24) is 19.7 Å². The van der Waals surface area contributed by atoms with Crippen LogP contribution in [0, 0.1) is 0 Å². The van der Waals surface area contributed by atoms with Gasteiger partial charge in [-0.1, -0.05) is 6.92 Å². The van der Waals surface area contributed by atoms with Crippen molar-refractivity contribution in [2.24, 2.45) is 0 Å². The summed E-state index contributed by atoms with van der Waals surface area (Å²) in [6, 6.07) is 0. The Morgan fingerprint density at radius 2 is 2.30 bits per heavy atom. The molecule has 0 aliphatic rings. The van der Waals surface area contributed by atoms with Gasteiger partial charge in [-0.25, -0.2) is 9.78 Å². The highest BCUT2D eigenvalue weighted by molar-refractivity contribution is 5.99. The lowest BCUT2D eigenvalue weighted by molar-refractivity contribution is 0.0603. The Morgan fingerprint density at radius 3 is 2.90 bits per heavy atom. The number of nitrogens with one attached hydrogen (secondary N) is 1. The highest BCUT2D eigenvalue weighted by Gasteiger charge is 2.23. The number of hydrogen-bond acceptors (Lipinski definition) is 7. The van der Waals surface area contributed by atoms with Crippen LogP contribution in [0.2, 0.25) is 0 Å². The van der Waals surface area contributed by atoms with Gasteiger partial charge in [0.05, 0.1) is 13.3 Å². The number of ether oxygens (including phenoxy) is 1. The Kier molecular flexibility index (Phi) is 4.14. The first-order chi connectivity index (χ1) is 9.69. The molecule has 2 rings (SSSR count). The minimum Gasteiger partial charge on any atom is -0.465 e. The molecule has 0 fully saturated rings. The molecule has 0 aliphatic heterocycles. The zero-order valence-corrected chi connectivity index (χ0v) is 11.3. The number of anilines is 2. The van der Waals surface area contributed by atoms with Crippen molar-refractivity contribution < 1.29 is 9.53 Å². The molecule has 3 N–H and O–H groups in total. The molecule has 0 radical (unpaired) electrons. The molecule has 106 valence electrons. The lowest BCUT2D eigenvalue weighted by atomic mass is 10.3. The molecular formula is C12H16N6O2. The van der Waals surface area contributed by atoms with Crippen LogP contribution in [0.3, 0.4) is 0 Å². The monoisotopic (exact) mass is 276 g/mol. The smallest absolute Gasteiger partial charge is 0.345 e. The van der Waals surface area contributed by atoms with Crippen molar-refractivity contribution in [3.05, 3.63) is 24.2 Å². The second kappa shape index (κ2) is 6.00. The number of nitrogen functional groups attached to an aromatic ring is 1. The quantitative estimate of drug-likeness (QED) is 0.779. The van der Waals surface area contributed by atoms with Crippen LogP contribution in [0.1, 0.15) is 23.7 Å². The molecule has 2 aromatic rings. The Morgan fingerprint density at radius 1 is 1.50 bits per heavy atom. The molecule has 0 aliphatic carbocycles. The molecule has 0 spiro atoms. The van der Waals surface area contributed by atoms with Crippen LogP contribution < -0.4 is 11.1 Å². The molecule has 2 aromatic heterocycles. The van der Waals surface area contributed by atoms with Crippen LogP contribution in [-0.4, -0.2) is 39.4 Å². The maximum atomic E-state index is 11.8. The molecule has 8 heteroatoms. The second-order valence-corrected chi connectivity index (χ2v) is 4.00. The first-order valence-corrected chi connectivity index (χ1v) is 6.16. The molecule has 0 saturated heterocycles. The Hall–Kier alpha value is -2.64. The zero-order valence-electron chi connectivity index (χ0n) is 11.3. The van der Waals surface area contributed by atoms with E-state index in [0.717, 1.165) is 6.42 Å². The second-order valence-electron chi connectivity index (χ2n) is 4.00. The molecule has 0 aromatic carbocycles. The highest BCUT2D eigenvalue weighted by Crippen LogP contribution is 2.24. The van der Waals surface area contributed by atoms with Crippen LogP contribution in [0.4, 0.5) is 11.6 Å². The van der Waals surface area contributed by atoms with E-state index in [1.165, 1.54) is 24.2 Å². The van der Waals surface area contributed by atoms with Crippen molar-refractivity contribution in [3.8, 4) is 5.82 Å². The van der Waals surface area contributed by atoms with Crippen LogP contribution >= 0.6 is 0 Å². The zero-order chi connectivity index (χ0) is 14.5. The van der Waals surface area contributed by atoms with Gasteiger partial charge in [0, 0.05) is 18.9 Å². The fraction of sp³-hybridized carbons (Fsp3) is 0.333. The molecule has 8 nitrogen and oxygen atoms in total. The van der Waals surface area contributed by atoms with Crippen molar-refractivity contribution in [1.29, 1.82) is 0 Å². The lowest BCUT2D eigenvalue weighted by Gasteiger charge is -2.03. The summed E-state index contributed by atoms with van der Waals surface area (Å²) in [4.78, 5) is 19.9. The summed E-state index contributed by atoms with van der Waals surface area (Å²) in [6.45, 7) is 2.68. The van der Waals surface area contributed by atoms with Gasteiger partial charge >= 0.3 is 5.97 Å². The average molecular weight is 276 g/mol. The van der Waals surface area contributed by atoms with E-state index in [1.54, 1.807) is 6.20 Å². The number of nitrogens with zero attached hydrogens (tertiary/aromatic N) is 4. The Labute approximate surface area is 116 Å². The standard InChI is InChI=1S/C12H16N6O2/c1-3-4-16-11-9(12(19)20-2)10(13)18(17-11)8-7-14-5-6-15-8/h5-7H,3-4,13H2,1-2H3,(H,16,17). The molecule has 0 unspecified atom stereocenters. The number of nitrogens with two attached hydrogens (primary N) is 1. The summed E-state index contributed by atoms with van der Waals surface area (Å²) in [6.07, 6.45) is 5.46. The predicted octanol–water partition coefficient (Wildman–Crippen LogP) is 0.853. The van der Waals surface area contributed by atoms with Gasteiger partial charge in [-0.05, 0) is 6.42 Å². The molecule has 0 atom stereocenters. The molecule has 0 bridgehead atoms. The van der Waals surface area contributed by atoms with Crippen molar-refractivity contribution in [3.63, 3.8) is 0 Å². The molecule has 0 amide bonds. The van der Waals surface area contributed by atoms with Crippen LogP contribution in [0.5, 0.6) is 0 Å². The van der Waals surface area contributed by atoms with E-state index < -0.39 is 5.97 Å². The SMILES string of the molecule is CCCNc1nn(-c2cnccn2)c(N)c1C(=O)OC. The molecule has 2 heterocycles. The Bertz CT molecular complexity index is 595. The third-order valence-corrected chi connectivity index (χ3v) is 2.62. The van der Waals surface area contributed by atoms with E-state index in [4.69, 9.17) is 10.5 Å². The fourth-order valence-electron chi connectivity index (χ4n) is 1.68. The number of carbonyl (C=O) groups is 1. The number of esters is 1. The third kappa shape index (κ3) is 2.53. The van der Waals surface area contributed by atoms with Crippen LogP contribution in [-0.2, 0) is 4.74 Å². The summed E-state index contributed by atoms with van der Waals surface area (Å²) < 4.78 is 6.10. The summed E-state index contributed by atoms with van der Waals surface area (Å²) >= 11 is 0. The first kappa shape index (κ1) is 13.8. The van der Waals surface area contributed by atoms with E-state index in [-0.39, 0.29) is 11.4 Å². The number of aromatic nitrogens is 4. The maximum Gasteiger partial charge on any atom is 0.345 e. The summed E-state index contributed by atoms with van der Waals surface area (Å²) in [5.41, 5.74) is 6.18. The number of rotatable bonds is 5. The van der Waals surface area contributed by atoms with Gasteiger partial charge in [0.25, 0.3) is 0 Å². The maximum absolute atomic E-state index is 11.8. The summed E-state index contributed by atoms with van der Waals surface area (Å²) in [5.74, 6) is 0.425. The van der Waals surface area contributed by atoms with E-state index >= 15 is 0 Å². The van der Waals surface area contributed by atoms with Crippen LogP contribution in [0.15, 0.2) is 18.6 Å². The van der Waals surface area contributed by atoms with E-state index in [2.05, 4.69) is 20.4 Å². The first-order valence-electron chi connectivity index (χ1n) is 6.16. The van der Waals surface area contributed by atoms with Gasteiger partial charge in [-0.2, -0.15) is 4.68 Å². The third-order valence-electron chi connectivity index (χ3n) is 2.62. The van der Waals surface area contributed by atoms with E-state index in [9.17, 15) is 4.79 Å². The predicted molar refractivity (Wildman–Crippen MR) is 73.7 cm³/mol. The molecule has 20 heavy (non-hydrogen) atoms. The minimum atomic E-state index is -0.545. The van der Waals surface area contributed by atoms with Crippen molar-refractivity contribution in [2.45, 2.75) is 13.3 Å². The topological polar surface area (TPSA) is 108 Å². The largest absolute Gasteiger partial charge is 0.465 e. The summed E-state index contributed by atoms with van der Waals surface area (Å²) in [5, 5.41) is 7.31. The number of hydrogen-bond donors (Lipinski definition) is 2. The minimum absolute atomic E-state index is 0.163. The number of carbonyl (C=O) groups excluding carboxylic acids is 1. The van der Waals surface area contributed by atoms with Crippen molar-refractivity contribution >= 4 is 17.6 Å². The normalized spacial score (nSPS) is 10.3. The van der Waals surface area contributed by atoms with Gasteiger partial charge in [0.15, 0.2) is 11.6 Å². The fourth-order valence-corrected chi connectivity index (χ4v) is 1.68. The van der Waals surface area contributed by atoms with Crippen molar-refractivity contribution in [2.75, 3.05) is 24.7 Å².